The van der Waals surface area contributed by atoms with Gasteiger partial charge in [-0.3, -0.25) is 20.4 Å². The number of hydrogen-bond donors (Lipinski definition) is 2. The number of hydrazine groups is 1. The highest BCUT2D eigenvalue weighted by molar-refractivity contribution is 14.1. The standard InChI is InChI=1S/C27H27FIN3O3/c1-32(2)15-5-14-27(20-9-11-21(28)12-10-20)23-13-8-18(16-19(23)17-35-27)25(33)30-31-26(34)22-6-3-4-7-24(22)29/h3-4,6-13,16H,5,14-15,17H2,1-2H3,(H,30,33)(H,31,34). The fraction of sp³-hybridized carbons (Fsp3) is 0.259. The maximum absolute atomic E-state index is 13.6. The molecule has 1 aliphatic heterocycles. The minimum Gasteiger partial charge on any atom is -0.361 e. The normalized spacial score (nSPS) is 16.7. The molecule has 0 fully saturated rings. The molecule has 6 nitrogen and oxygen atoms in total. The van der Waals surface area contributed by atoms with Crippen molar-refractivity contribution >= 4 is 34.4 Å². The van der Waals surface area contributed by atoms with E-state index < -0.39 is 11.5 Å². The first kappa shape index (κ1) is 25.3. The van der Waals surface area contributed by atoms with Crippen molar-refractivity contribution in [2.24, 2.45) is 0 Å². The number of fused-ring (bicyclic) bond motifs is 1. The van der Waals surface area contributed by atoms with Crippen LogP contribution in [0.4, 0.5) is 4.39 Å². The number of carbonyl (C=O) groups excluding carboxylic acids is 2. The smallest absolute Gasteiger partial charge is 0.270 e. The van der Waals surface area contributed by atoms with E-state index in [1.807, 2.05) is 32.3 Å². The highest BCUT2D eigenvalue weighted by Crippen LogP contribution is 2.45. The molecule has 0 saturated carbocycles. The van der Waals surface area contributed by atoms with Gasteiger partial charge in [0.15, 0.2) is 0 Å². The zero-order valence-corrected chi connectivity index (χ0v) is 21.8. The first-order valence-electron chi connectivity index (χ1n) is 11.3. The van der Waals surface area contributed by atoms with Crippen LogP contribution in [0.1, 0.15) is 50.2 Å². The number of hydrogen-bond acceptors (Lipinski definition) is 4. The van der Waals surface area contributed by atoms with Crippen LogP contribution in [0.3, 0.4) is 0 Å². The van der Waals surface area contributed by atoms with Gasteiger partial charge in [-0.1, -0.05) is 30.3 Å². The topological polar surface area (TPSA) is 70.7 Å². The maximum Gasteiger partial charge on any atom is 0.270 e. The van der Waals surface area contributed by atoms with Crippen molar-refractivity contribution in [1.82, 2.24) is 15.8 Å². The predicted molar refractivity (Wildman–Crippen MR) is 140 cm³/mol. The van der Waals surface area contributed by atoms with Crippen LogP contribution >= 0.6 is 22.6 Å². The molecule has 0 radical (unpaired) electrons. The Labute approximate surface area is 218 Å². The van der Waals surface area contributed by atoms with Crippen LogP contribution in [-0.2, 0) is 16.9 Å². The van der Waals surface area contributed by atoms with Gasteiger partial charge in [-0.2, -0.15) is 0 Å². The van der Waals surface area contributed by atoms with E-state index in [1.165, 1.54) is 12.1 Å². The third-order valence-electron chi connectivity index (χ3n) is 6.13. The van der Waals surface area contributed by atoms with Crippen molar-refractivity contribution in [2.45, 2.75) is 25.0 Å². The van der Waals surface area contributed by atoms with Crippen molar-refractivity contribution in [2.75, 3.05) is 20.6 Å². The third-order valence-corrected chi connectivity index (χ3v) is 7.07. The summed E-state index contributed by atoms with van der Waals surface area (Å²) in [6, 6.07) is 19.0. The van der Waals surface area contributed by atoms with E-state index in [0.717, 1.165) is 39.6 Å². The lowest BCUT2D eigenvalue weighted by atomic mass is 9.81. The number of ether oxygens (including phenoxy) is 1. The zero-order valence-electron chi connectivity index (χ0n) is 19.6. The van der Waals surface area contributed by atoms with E-state index in [2.05, 4.69) is 38.3 Å². The van der Waals surface area contributed by atoms with Crippen LogP contribution in [0, 0.1) is 9.39 Å². The summed E-state index contributed by atoms with van der Waals surface area (Å²) in [4.78, 5) is 27.3. The van der Waals surface area contributed by atoms with Crippen LogP contribution in [0.5, 0.6) is 0 Å². The number of rotatable bonds is 7. The average Bonchev–Trinajstić information content (AvgIpc) is 3.21. The Balaban J connectivity index is 1.54. The van der Waals surface area contributed by atoms with Crippen LogP contribution in [0.15, 0.2) is 66.7 Å². The van der Waals surface area contributed by atoms with Crippen LogP contribution in [0.2, 0.25) is 0 Å². The summed E-state index contributed by atoms with van der Waals surface area (Å²) in [5, 5.41) is 0. The Kier molecular flexibility index (Phi) is 7.83. The average molecular weight is 587 g/mol. The Morgan fingerprint density at radius 3 is 2.46 bits per heavy atom. The molecule has 0 spiro atoms. The van der Waals surface area contributed by atoms with Gasteiger partial charge in [-0.15, -0.1) is 0 Å². The molecule has 1 aliphatic rings. The molecule has 2 N–H and O–H groups in total. The van der Waals surface area contributed by atoms with E-state index in [0.29, 0.717) is 17.7 Å². The quantitative estimate of drug-likeness (QED) is 0.313. The lowest BCUT2D eigenvalue weighted by Crippen LogP contribution is -2.42. The second-order valence-electron chi connectivity index (χ2n) is 8.79. The SMILES string of the molecule is CN(C)CCCC1(c2ccc(F)cc2)OCc2cc(C(=O)NNC(=O)c3ccccc3I)ccc21. The fourth-order valence-electron chi connectivity index (χ4n) is 4.38. The van der Waals surface area contributed by atoms with Gasteiger partial charge >= 0.3 is 0 Å². The number of carbonyl (C=O) groups is 2. The largest absolute Gasteiger partial charge is 0.361 e. The fourth-order valence-corrected chi connectivity index (χ4v) is 5.01. The summed E-state index contributed by atoms with van der Waals surface area (Å²) in [7, 11) is 4.05. The zero-order chi connectivity index (χ0) is 25.0. The Morgan fingerprint density at radius 2 is 1.74 bits per heavy atom. The minimum absolute atomic E-state index is 0.297. The monoisotopic (exact) mass is 587 g/mol. The Hall–Kier alpha value is -2.82. The molecule has 1 atom stereocenters. The molecule has 182 valence electrons. The number of benzene rings is 3. The highest BCUT2D eigenvalue weighted by atomic mass is 127. The van der Waals surface area contributed by atoms with Gasteiger partial charge in [-0.25, -0.2) is 4.39 Å². The molecule has 3 aromatic rings. The Morgan fingerprint density at radius 1 is 1.03 bits per heavy atom. The van der Waals surface area contributed by atoms with Gasteiger partial charge < -0.3 is 9.64 Å². The minimum atomic E-state index is -0.702. The number of halogens is 2. The van der Waals surface area contributed by atoms with Crippen LogP contribution in [-0.4, -0.2) is 37.4 Å². The molecule has 8 heteroatoms. The number of nitrogens with one attached hydrogen (secondary N) is 2. The second-order valence-corrected chi connectivity index (χ2v) is 9.95. The van der Waals surface area contributed by atoms with Crippen molar-refractivity contribution in [3.63, 3.8) is 0 Å². The summed E-state index contributed by atoms with van der Waals surface area (Å²) in [5.74, 6) is -1.10. The van der Waals surface area contributed by atoms with Gasteiger partial charge in [0.25, 0.3) is 11.8 Å². The first-order chi connectivity index (χ1) is 16.8. The van der Waals surface area contributed by atoms with E-state index >= 15 is 0 Å². The van der Waals surface area contributed by atoms with E-state index in [-0.39, 0.29) is 11.7 Å². The molecule has 4 rings (SSSR count). The number of nitrogens with zero attached hydrogens (tertiary/aromatic N) is 1. The van der Waals surface area contributed by atoms with Crippen molar-refractivity contribution in [1.29, 1.82) is 0 Å². The summed E-state index contributed by atoms with van der Waals surface area (Å²) >= 11 is 2.08. The maximum atomic E-state index is 13.6. The summed E-state index contributed by atoms with van der Waals surface area (Å²) in [6.45, 7) is 1.23. The molecule has 0 aromatic heterocycles. The molecule has 3 aromatic carbocycles. The third kappa shape index (κ3) is 5.55. The molecule has 0 aliphatic carbocycles. The van der Waals surface area contributed by atoms with E-state index in [1.54, 1.807) is 36.4 Å². The number of amides is 2. The van der Waals surface area contributed by atoms with Gasteiger partial charge in [0.1, 0.15) is 11.4 Å². The molecule has 0 bridgehead atoms. The summed E-state index contributed by atoms with van der Waals surface area (Å²) < 4.78 is 20.8. The van der Waals surface area contributed by atoms with E-state index in [9.17, 15) is 14.0 Å². The van der Waals surface area contributed by atoms with Crippen LogP contribution in [0.25, 0.3) is 0 Å². The van der Waals surface area contributed by atoms with E-state index in [4.69, 9.17) is 4.74 Å². The lowest BCUT2D eigenvalue weighted by Gasteiger charge is -2.31. The highest BCUT2D eigenvalue weighted by Gasteiger charge is 2.41. The predicted octanol–water partition coefficient (Wildman–Crippen LogP) is 4.62. The molecular weight excluding hydrogens is 560 g/mol. The molecule has 1 unspecified atom stereocenters. The summed E-state index contributed by atoms with van der Waals surface area (Å²) in [6.07, 6.45) is 1.61. The van der Waals surface area contributed by atoms with Crippen molar-refractivity contribution in [3.8, 4) is 0 Å². The molecule has 35 heavy (non-hydrogen) atoms. The van der Waals surface area contributed by atoms with Gasteiger partial charge in [0.2, 0.25) is 0 Å². The van der Waals surface area contributed by atoms with Crippen molar-refractivity contribution in [3.05, 3.63) is 104 Å². The molecule has 2 amide bonds. The van der Waals surface area contributed by atoms with Crippen LogP contribution < -0.4 is 10.9 Å². The summed E-state index contributed by atoms with van der Waals surface area (Å²) in [5.41, 5.74) is 7.93. The lowest BCUT2D eigenvalue weighted by molar-refractivity contribution is -0.0140. The molecule has 0 saturated heterocycles. The van der Waals surface area contributed by atoms with Gasteiger partial charge in [0.05, 0.1) is 12.2 Å². The molecule has 1 heterocycles. The van der Waals surface area contributed by atoms with Gasteiger partial charge in [0, 0.05) is 9.13 Å². The van der Waals surface area contributed by atoms with Crippen molar-refractivity contribution < 1.29 is 18.7 Å². The molecular formula is C27H27FIN3O3. The first-order valence-corrected chi connectivity index (χ1v) is 12.4. The second kappa shape index (κ2) is 10.8. The van der Waals surface area contributed by atoms with Gasteiger partial charge in [-0.05, 0) is 109 Å². The Bertz CT molecular complexity index is 1230.